The van der Waals surface area contributed by atoms with Gasteiger partial charge in [0.05, 0.1) is 18.4 Å². The normalized spacial score (nSPS) is 10.8. The van der Waals surface area contributed by atoms with Crippen LogP contribution in [0, 0.1) is 0 Å². The third-order valence-electron chi connectivity index (χ3n) is 4.60. The van der Waals surface area contributed by atoms with Gasteiger partial charge < -0.3 is 14.8 Å². The zero-order chi connectivity index (χ0) is 22.5. The Labute approximate surface area is 181 Å². The predicted molar refractivity (Wildman–Crippen MR) is 112 cm³/mol. The van der Waals surface area contributed by atoms with Crippen LogP contribution in [0.25, 0.3) is 16.8 Å². The van der Waals surface area contributed by atoms with E-state index in [2.05, 4.69) is 25.6 Å². The lowest BCUT2D eigenvalue weighted by Gasteiger charge is -2.14. The molecule has 0 radical (unpaired) electrons. The van der Waals surface area contributed by atoms with Crippen LogP contribution in [0.15, 0.2) is 73.1 Å². The van der Waals surface area contributed by atoms with Gasteiger partial charge in [-0.05, 0) is 58.5 Å². The number of halogens is 2. The van der Waals surface area contributed by atoms with Gasteiger partial charge in [0.25, 0.3) is 5.91 Å². The molecule has 0 saturated heterocycles. The van der Waals surface area contributed by atoms with Crippen LogP contribution in [0.2, 0.25) is 0 Å². The number of hydrogen-bond acceptors (Lipinski definition) is 6. The van der Waals surface area contributed by atoms with Crippen molar-refractivity contribution in [3.05, 3.63) is 78.6 Å². The van der Waals surface area contributed by atoms with E-state index in [0.717, 1.165) is 0 Å². The molecule has 1 amide bonds. The summed E-state index contributed by atoms with van der Waals surface area (Å²) in [6.07, 6.45) is 1.38. The minimum atomic E-state index is -2.99. The molecule has 3 aromatic carbocycles. The number of anilines is 1. The second-order valence-electron chi connectivity index (χ2n) is 6.54. The molecule has 162 valence electrons. The Morgan fingerprint density at radius 2 is 1.84 bits per heavy atom. The van der Waals surface area contributed by atoms with Crippen molar-refractivity contribution in [1.29, 1.82) is 0 Å². The molecular formula is C22H17F2N5O3. The summed E-state index contributed by atoms with van der Waals surface area (Å²) in [7, 11) is 1.53. The van der Waals surface area contributed by atoms with E-state index in [9.17, 15) is 13.6 Å². The van der Waals surface area contributed by atoms with Crippen LogP contribution >= 0.6 is 0 Å². The highest BCUT2D eigenvalue weighted by Gasteiger charge is 2.16. The van der Waals surface area contributed by atoms with E-state index >= 15 is 0 Å². The Morgan fingerprint density at radius 1 is 1.06 bits per heavy atom. The first-order valence-electron chi connectivity index (χ1n) is 9.42. The molecule has 1 N–H and O–H groups in total. The van der Waals surface area contributed by atoms with Gasteiger partial charge in [0.15, 0.2) is 0 Å². The van der Waals surface area contributed by atoms with E-state index in [4.69, 9.17) is 4.74 Å². The minimum absolute atomic E-state index is 0.0164. The van der Waals surface area contributed by atoms with E-state index in [0.29, 0.717) is 33.8 Å². The lowest BCUT2D eigenvalue weighted by Crippen LogP contribution is -2.15. The maximum Gasteiger partial charge on any atom is 0.387 e. The van der Waals surface area contributed by atoms with Gasteiger partial charge in [-0.25, -0.2) is 0 Å². The van der Waals surface area contributed by atoms with Gasteiger partial charge in [0.2, 0.25) is 0 Å². The number of aromatic nitrogens is 4. The lowest BCUT2D eigenvalue weighted by atomic mass is 10.0. The summed E-state index contributed by atoms with van der Waals surface area (Å²) in [6.45, 7) is -2.99. The number of ether oxygens (including phenoxy) is 2. The molecule has 0 aliphatic carbocycles. The molecule has 0 saturated carbocycles. The second-order valence-corrected chi connectivity index (χ2v) is 6.54. The zero-order valence-electron chi connectivity index (χ0n) is 16.8. The van der Waals surface area contributed by atoms with Gasteiger partial charge in [-0.1, -0.05) is 24.3 Å². The van der Waals surface area contributed by atoms with Crippen LogP contribution in [0.3, 0.4) is 0 Å². The number of carbonyl (C=O) groups is 1. The van der Waals surface area contributed by atoms with Crippen LogP contribution in [0.4, 0.5) is 14.5 Å². The minimum Gasteiger partial charge on any atom is -0.497 e. The maximum atomic E-state index is 13.0. The van der Waals surface area contributed by atoms with Gasteiger partial charge in [0.1, 0.15) is 17.8 Å². The van der Waals surface area contributed by atoms with Crippen molar-refractivity contribution in [3.8, 4) is 28.3 Å². The average Bonchev–Trinajstić information content (AvgIpc) is 3.35. The molecule has 0 bridgehead atoms. The molecular weight excluding hydrogens is 420 g/mol. The van der Waals surface area contributed by atoms with E-state index in [1.165, 1.54) is 30.3 Å². The smallest absolute Gasteiger partial charge is 0.387 e. The van der Waals surface area contributed by atoms with Crippen molar-refractivity contribution in [3.63, 3.8) is 0 Å². The van der Waals surface area contributed by atoms with Crippen LogP contribution in [-0.4, -0.2) is 39.8 Å². The fourth-order valence-corrected chi connectivity index (χ4v) is 3.14. The first-order chi connectivity index (χ1) is 15.5. The standard InChI is InChI=1S/C22H17F2N5O3/c1-31-16-9-6-14(7-10-16)18-12-15(8-11-20(18)32-22(23)24)26-21(30)17-4-2-3-5-19(17)29-13-25-27-28-29/h2-13,22H,1H3,(H,26,30). The van der Waals surface area contributed by atoms with Gasteiger partial charge in [-0.3, -0.25) is 4.79 Å². The van der Waals surface area contributed by atoms with Crippen LogP contribution in [0.1, 0.15) is 10.4 Å². The van der Waals surface area contributed by atoms with Gasteiger partial charge >= 0.3 is 6.61 Å². The van der Waals surface area contributed by atoms with E-state index < -0.39 is 12.5 Å². The fraction of sp³-hybridized carbons (Fsp3) is 0.0909. The van der Waals surface area contributed by atoms with Crippen molar-refractivity contribution >= 4 is 11.6 Å². The molecule has 32 heavy (non-hydrogen) atoms. The van der Waals surface area contributed by atoms with Crippen molar-refractivity contribution < 1.29 is 23.0 Å². The molecule has 8 nitrogen and oxygen atoms in total. The molecule has 0 fully saturated rings. The van der Waals surface area contributed by atoms with Gasteiger partial charge in [-0.2, -0.15) is 13.5 Å². The molecule has 0 spiro atoms. The third-order valence-corrected chi connectivity index (χ3v) is 4.60. The van der Waals surface area contributed by atoms with Gasteiger partial charge in [0, 0.05) is 11.3 Å². The molecule has 1 aromatic heterocycles. The second kappa shape index (κ2) is 9.21. The number of rotatable bonds is 7. The highest BCUT2D eigenvalue weighted by atomic mass is 19.3. The Hall–Kier alpha value is -4.34. The predicted octanol–water partition coefficient (Wildman–Crippen LogP) is 4.19. The summed E-state index contributed by atoms with van der Waals surface area (Å²) < 4.78 is 37.0. The topological polar surface area (TPSA) is 91.2 Å². The Kier molecular flexibility index (Phi) is 6.02. The molecule has 0 atom stereocenters. The van der Waals surface area contributed by atoms with E-state index in [1.807, 2.05) is 0 Å². The highest BCUT2D eigenvalue weighted by molar-refractivity contribution is 6.07. The summed E-state index contributed by atoms with van der Waals surface area (Å²) in [5, 5.41) is 13.8. The SMILES string of the molecule is COc1ccc(-c2cc(NC(=O)c3ccccc3-n3cnnn3)ccc2OC(F)F)cc1. The van der Waals surface area contributed by atoms with Crippen molar-refractivity contribution in [2.24, 2.45) is 0 Å². The van der Waals surface area contributed by atoms with Crippen molar-refractivity contribution in [2.45, 2.75) is 6.61 Å². The number of nitrogens with zero attached hydrogens (tertiary/aromatic N) is 4. The molecule has 10 heteroatoms. The third kappa shape index (κ3) is 4.53. The highest BCUT2D eigenvalue weighted by Crippen LogP contribution is 2.35. The summed E-state index contributed by atoms with van der Waals surface area (Å²) in [6, 6.07) is 18.1. The van der Waals surface area contributed by atoms with Gasteiger partial charge in [-0.15, -0.1) is 5.10 Å². The zero-order valence-corrected chi connectivity index (χ0v) is 16.8. The van der Waals surface area contributed by atoms with E-state index in [-0.39, 0.29) is 5.75 Å². The van der Waals surface area contributed by atoms with Crippen LogP contribution in [0.5, 0.6) is 11.5 Å². The summed E-state index contributed by atoms with van der Waals surface area (Å²) in [5.74, 6) is 0.185. The molecule has 0 unspecified atom stereocenters. The fourth-order valence-electron chi connectivity index (χ4n) is 3.14. The number of methoxy groups -OCH3 is 1. The Morgan fingerprint density at radius 3 is 2.53 bits per heavy atom. The summed E-state index contributed by atoms with van der Waals surface area (Å²) in [5.41, 5.74) is 2.22. The number of alkyl halides is 2. The number of nitrogens with one attached hydrogen (secondary N) is 1. The number of hydrogen-bond donors (Lipinski definition) is 1. The monoisotopic (exact) mass is 437 g/mol. The number of carbonyl (C=O) groups excluding carboxylic acids is 1. The Bertz CT molecular complexity index is 1210. The lowest BCUT2D eigenvalue weighted by molar-refractivity contribution is -0.0494. The largest absolute Gasteiger partial charge is 0.497 e. The summed E-state index contributed by atoms with van der Waals surface area (Å²) >= 11 is 0. The molecule has 0 aliphatic rings. The van der Waals surface area contributed by atoms with Crippen LogP contribution < -0.4 is 14.8 Å². The molecule has 0 aliphatic heterocycles. The van der Waals surface area contributed by atoms with Crippen LogP contribution in [-0.2, 0) is 0 Å². The van der Waals surface area contributed by atoms with E-state index in [1.54, 1.807) is 54.6 Å². The quantitative estimate of drug-likeness (QED) is 0.466. The first-order valence-corrected chi connectivity index (χ1v) is 9.42. The Balaban J connectivity index is 1.67. The molecule has 4 aromatic rings. The number of benzene rings is 3. The molecule has 4 rings (SSSR count). The number of para-hydroxylation sites is 1. The summed E-state index contributed by atoms with van der Waals surface area (Å²) in [4.78, 5) is 13.0. The average molecular weight is 437 g/mol. The number of tetrazole rings is 1. The molecule has 1 heterocycles. The maximum absolute atomic E-state index is 13.0. The van der Waals surface area contributed by atoms with Crippen molar-refractivity contribution in [1.82, 2.24) is 20.2 Å². The number of amides is 1. The van der Waals surface area contributed by atoms with Crippen molar-refractivity contribution in [2.75, 3.05) is 12.4 Å². The first kappa shape index (κ1) is 20.9.